The van der Waals surface area contributed by atoms with E-state index in [9.17, 15) is 8.78 Å². The highest BCUT2D eigenvalue weighted by molar-refractivity contribution is 6.33. The summed E-state index contributed by atoms with van der Waals surface area (Å²) in [6.45, 7) is -2.88. The summed E-state index contributed by atoms with van der Waals surface area (Å²) in [5, 5.41) is 0.0466. The molecule has 0 fully saturated rings. The van der Waals surface area contributed by atoms with Crippen molar-refractivity contribution in [1.82, 2.24) is 0 Å². The van der Waals surface area contributed by atoms with Crippen LogP contribution in [0.25, 0.3) is 0 Å². The third-order valence-corrected chi connectivity index (χ3v) is 1.74. The second-order valence-corrected chi connectivity index (χ2v) is 2.53. The van der Waals surface area contributed by atoms with E-state index in [2.05, 4.69) is 4.74 Å². The summed E-state index contributed by atoms with van der Waals surface area (Å²) < 4.78 is 32.6. The molecule has 1 rings (SSSR count). The quantitative estimate of drug-likeness (QED) is 0.760. The number of benzene rings is 1. The van der Waals surface area contributed by atoms with E-state index in [1.54, 1.807) is 6.07 Å². The van der Waals surface area contributed by atoms with Crippen molar-refractivity contribution in [1.29, 1.82) is 0 Å². The van der Waals surface area contributed by atoms with Gasteiger partial charge in [0, 0.05) is 0 Å². The molecule has 0 aliphatic rings. The molecule has 0 aliphatic carbocycles. The van der Waals surface area contributed by atoms with E-state index in [1.165, 1.54) is 19.2 Å². The van der Waals surface area contributed by atoms with Gasteiger partial charge < -0.3 is 9.47 Å². The molecular formula is C8H7ClF2O2. The van der Waals surface area contributed by atoms with Gasteiger partial charge in [0.2, 0.25) is 0 Å². The fourth-order valence-corrected chi connectivity index (χ4v) is 1.08. The zero-order valence-electron chi connectivity index (χ0n) is 6.76. The third-order valence-electron chi connectivity index (χ3n) is 1.36. The lowest BCUT2D eigenvalue weighted by molar-refractivity contribution is -0.0498. The van der Waals surface area contributed by atoms with Crippen molar-refractivity contribution in [3.05, 3.63) is 23.2 Å². The smallest absolute Gasteiger partial charge is 0.387 e. The van der Waals surface area contributed by atoms with E-state index in [1.807, 2.05) is 0 Å². The van der Waals surface area contributed by atoms with Crippen molar-refractivity contribution in [2.75, 3.05) is 7.11 Å². The third kappa shape index (κ3) is 2.45. The Morgan fingerprint density at radius 3 is 2.46 bits per heavy atom. The number of halogens is 3. The average molecular weight is 209 g/mol. The van der Waals surface area contributed by atoms with Crippen molar-refractivity contribution in [3.8, 4) is 11.5 Å². The highest BCUT2D eigenvalue weighted by atomic mass is 35.5. The van der Waals surface area contributed by atoms with Gasteiger partial charge >= 0.3 is 6.61 Å². The maximum Gasteiger partial charge on any atom is 0.387 e. The molecule has 0 saturated carbocycles. The minimum atomic E-state index is -2.88. The van der Waals surface area contributed by atoms with Crippen LogP contribution in [0.1, 0.15) is 0 Å². The zero-order chi connectivity index (χ0) is 9.84. The first-order valence-electron chi connectivity index (χ1n) is 3.42. The summed E-state index contributed by atoms with van der Waals surface area (Å²) in [4.78, 5) is 0. The molecular weight excluding hydrogens is 202 g/mol. The van der Waals surface area contributed by atoms with Crippen LogP contribution in [0.3, 0.4) is 0 Å². The normalized spacial score (nSPS) is 10.2. The fourth-order valence-electron chi connectivity index (χ4n) is 0.835. The molecule has 0 aromatic heterocycles. The topological polar surface area (TPSA) is 18.5 Å². The van der Waals surface area contributed by atoms with Crippen molar-refractivity contribution >= 4 is 11.6 Å². The lowest BCUT2D eigenvalue weighted by Gasteiger charge is -2.08. The van der Waals surface area contributed by atoms with Crippen LogP contribution in [0.5, 0.6) is 11.5 Å². The minimum absolute atomic E-state index is 0.0466. The van der Waals surface area contributed by atoms with Crippen molar-refractivity contribution < 1.29 is 18.3 Å². The summed E-state index contributed by atoms with van der Waals surface area (Å²) in [6.07, 6.45) is 0. The van der Waals surface area contributed by atoms with Gasteiger partial charge in [-0.05, 0) is 12.1 Å². The maximum atomic E-state index is 11.8. The monoisotopic (exact) mass is 208 g/mol. The standard InChI is InChI=1S/C8H7ClF2O2/c1-12-5-3-2-4-6(7(5)9)13-8(10)11/h2-4,8H,1H3. The van der Waals surface area contributed by atoms with E-state index in [4.69, 9.17) is 16.3 Å². The molecule has 0 spiro atoms. The van der Waals surface area contributed by atoms with Crippen LogP contribution in [-0.4, -0.2) is 13.7 Å². The van der Waals surface area contributed by atoms with E-state index in [0.29, 0.717) is 5.75 Å². The average Bonchev–Trinajstić information content (AvgIpc) is 2.08. The Kier molecular flexibility index (Phi) is 3.31. The molecule has 2 nitrogen and oxygen atoms in total. The van der Waals surface area contributed by atoms with Gasteiger partial charge in [0.1, 0.15) is 16.5 Å². The molecule has 1 aromatic rings. The number of alkyl halides is 2. The predicted octanol–water partition coefficient (Wildman–Crippen LogP) is 2.95. The highest BCUT2D eigenvalue weighted by Gasteiger charge is 2.11. The molecule has 0 radical (unpaired) electrons. The number of ether oxygens (including phenoxy) is 2. The van der Waals surface area contributed by atoms with Crippen molar-refractivity contribution in [2.24, 2.45) is 0 Å². The van der Waals surface area contributed by atoms with Gasteiger partial charge in [-0.3, -0.25) is 0 Å². The van der Waals surface area contributed by atoms with Gasteiger partial charge in [-0.25, -0.2) is 0 Å². The van der Waals surface area contributed by atoms with Gasteiger partial charge in [-0.2, -0.15) is 8.78 Å². The van der Waals surface area contributed by atoms with Crippen LogP contribution < -0.4 is 9.47 Å². The van der Waals surface area contributed by atoms with Crippen LogP contribution >= 0.6 is 11.6 Å². The van der Waals surface area contributed by atoms with Gasteiger partial charge in [0.25, 0.3) is 0 Å². The van der Waals surface area contributed by atoms with Crippen LogP contribution in [0.4, 0.5) is 8.78 Å². The Hall–Kier alpha value is -1.03. The minimum Gasteiger partial charge on any atom is -0.495 e. The summed E-state index contributed by atoms with van der Waals surface area (Å²) in [5.41, 5.74) is 0. The zero-order valence-corrected chi connectivity index (χ0v) is 7.52. The highest BCUT2D eigenvalue weighted by Crippen LogP contribution is 2.34. The van der Waals surface area contributed by atoms with E-state index >= 15 is 0 Å². The molecule has 0 amide bonds. The Morgan fingerprint density at radius 1 is 1.31 bits per heavy atom. The second-order valence-electron chi connectivity index (χ2n) is 2.15. The SMILES string of the molecule is COc1cccc(OC(F)F)c1Cl. The molecule has 1 aromatic carbocycles. The summed E-state index contributed by atoms with van der Waals surface area (Å²) in [5.74, 6) is 0.218. The van der Waals surface area contributed by atoms with Gasteiger partial charge in [-0.15, -0.1) is 0 Å². The number of hydrogen-bond donors (Lipinski definition) is 0. The Morgan fingerprint density at radius 2 is 1.92 bits per heavy atom. The fraction of sp³-hybridized carbons (Fsp3) is 0.250. The lowest BCUT2D eigenvalue weighted by Crippen LogP contribution is -2.02. The largest absolute Gasteiger partial charge is 0.495 e. The number of methoxy groups -OCH3 is 1. The van der Waals surface area contributed by atoms with Gasteiger partial charge in [0.05, 0.1) is 7.11 Å². The first-order valence-corrected chi connectivity index (χ1v) is 3.80. The Bertz CT molecular complexity index is 291. The summed E-state index contributed by atoms with van der Waals surface area (Å²) in [6, 6.07) is 4.42. The molecule has 0 atom stereocenters. The molecule has 0 heterocycles. The molecule has 0 bridgehead atoms. The molecule has 0 unspecified atom stereocenters. The van der Waals surface area contributed by atoms with Crippen molar-refractivity contribution in [3.63, 3.8) is 0 Å². The van der Waals surface area contributed by atoms with E-state index in [-0.39, 0.29) is 10.8 Å². The predicted molar refractivity (Wildman–Crippen MR) is 44.6 cm³/mol. The second kappa shape index (κ2) is 4.28. The summed E-state index contributed by atoms with van der Waals surface area (Å²) >= 11 is 5.67. The van der Waals surface area contributed by atoms with Gasteiger partial charge in [0.15, 0.2) is 0 Å². The molecule has 72 valence electrons. The number of hydrogen-bond acceptors (Lipinski definition) is 2. The van der Waals surface area contributed by atoms with Crippen LogP contribution in [0, 0.1) is 0 Å². The molecule has 0 N–H and O–H groups in total. The van der Waals surface area contributed by atoms with E-state index in [0.717, 1.165) is 0 Å². The van der Waals surface area contributed by atoms with Crippen LogP contribution in [-0.2, 0) is 0 Å². The van der Waals surface area contributed by atoms with Crippen molar-refractivity contribution in [2.45, 2.75) is 6.61 Å². The molecule has 13 heavy (non-hydrogen) atoms. The Balaban J connectivity index is 2.94. The molecule has 5 heteroatoms. The number of rotatable bonds is 3. The lowest BCUT2D eigenvalue weighted by atomic mass is 10.3. The summed E-state index contributed by atoms with van der Waals surface area (Å²) in [7, 11) is 1.40. The van der Waals surface area contributed by atoms with Crippen LogP contribution in [0.2, 0.25) is 5.02 Å². The van der Waals surface area contributed by atoms with Crippen LogP contribution in [0.15, 0.2) is 18.2 Å². The maximum absolute atomic E-state index is 11.8. The first-order chi connectivity index (χ1) is 6.15. The van der Waals surface area contributed by atoms with Gasteiger partial charge in [-0.1, -0.05) is 17.7 Å². The van der Waals surface area contributed by atoms with E-state index < -0.39 is 6.61 Å². The molecule has 0 saturated heterocycles. The molecule has 0 aliphatic heterocycles. The first kappa shape index (κ1) is 10.1. The Labute approximate surface area is 79.0 Å².